The number of benzene rings is 2. The third kappa shape index (κ3) is 4.32. The molecule has 1 heterocycles. The smallest absolute Gasteiger partial charge is 0.387 e. The van der Waals surface area contributed by atoms with Crippen molar-refractivity contribution in [2.45, 2.75) is 6.61 Å². The van der Waals surface area contributed by atoms with Crippen molar-refractivity contribution in [3.8, 4) is 17.0 Å². The Bertz CT molecular complexity index is 884. The van der Waals surface area contributed by atoms with E-state index in [1.54, 1.807) is 11.4 Å². The molecule has 0 radical (unpaired) electrons. The number of amides is 1. The molecule has 4 nitrogen and oxygen atoms in total. The van der Waals surface area contributed by atoms with Crippen LogP contribution in [-0.4, -0.2) is 17.5 Å². The van der Waals surface area contributed by atoms with Crippen LogP contribution in [0.5, 0.6) is 5.75 Å². The number of thiazole rings is 1. The Balaban J connectivity index is 1.70. The van der Waals surface area contributed by atoms with Gasteiger partial charge in [0.1, 0.15) is 5.75 Å². The summed E-state index contributed by atoms with van der Waals surface area (Å²) >= 11 is 7.39. The average molecular weight is 381 g/mol. The van der Waals surface area contributed by atoms with E-state index in [1.807, 2.05) is 18.2 Å². The Morgan fingerprint density at radius 2 is 1.88 bits per heavy atom. The van der Waals surface area contributed by atoms with Crippen molar-refractivity contribution >= 4 is 34.0 Å². The predicted molar refractivity (Wildman–Crippen MR) is 93.6 cm³/mol. The first-order chi connectivity index (χ1) is 12.0. The molecule has 0 fully saturated rings. The van der Waals surface area contributed by atoms with Crippen LogP contribution in [0.25, 0.3) is 11.3 Å². The summed E-state index contributed by atoms with van der Waals surface area (Å²) < 4.78 is 28.5. The molecule has 3 rings (SSSR count). The summed E-state index contributed by atoms with van der Waals surface area (Å²) in [6.07, 6.45) is 0. The lowest BCUT2D eigenvalue weighted by molar-refractivity contribution is -0.0498. The summed E-state index contributed by atoms with van der Waals surface area (Å²) in [5, 5.41) is 5.43. The number of halogens is 3. The summed E-state index contributed by atoms with van der Waals surface area (Å²) in [5.74, 6) is -0.412. The Morgan fingerprint density at radius 3 is 2.56 bits per heavy atom. The Hall–Kier alpha value is -2.51. The Morgan fingerprint density at radius 1 is 1.16 bits per heavy atom. The number of alkyl halides is 2. The normalized spacial score (nSPS) is 10.7. The maximum atomic E-state index is 12.2. The third-order valence-corrected chi connectivity index (χ3v) is 4.30. The maximum Gasteiger partial charge on any atom is 0.387 e. The van der Waals surface area contributed by atoms with Gasteiger partial charge < -0.3 is 4.74 Å². The number of nitrogens with one attached hydrogen (secondary N) is 1. The van der Waals surface area contributed by atoms with E-state index < -0.39 is 12.5 Å². The lowest BCUT2D eigenvalue weighted by Gasteiger charge is -2.05. The van der Waals surface area contributed by atoms with E-state index in [9.17, 15) is 13.6 Å². The fraction of sp³-hybridized carbons (Fsp3) is 0.0588. The van der Waals surface area contributed by atoms with Crippen molar-refractivity contribution < 1.29 is 18.3 Å². The van der Waals surface area contributed by atoms with E-state index in [0.29, 0.717) is 21.4 Å². The van der Waals surface area contributed by atoms with Crippen molar-refractivity contribution in [3.05, 3.63) is 64.5 Å². The number of carbonyl (C=O) groups is 1. The zero-order chi connectivity index (χ0) is 17.8. The predicted octanol–water partition coefficient (Wildman–Crippen LogP) is 5.32. The summed E-state index contributed by atoms with van der Waals surface area (Å²) in [4.78, 5) is 16.5. The molecule has 128 valence electrons. The number of aromatic nitrogens is 1. The van der Waals surface area contributed by atoms with Crippen molar-refractivity contribution in [2.24, 2.45) is 0 Å². The molecule has 0 spiro atoms. The van der Waals surface area contributed by atoms with Crippen molar-refractivity contribution in [1.29, 1.82) is 0 Å². The number of nitrogens with zero attached hydrogens (tertiary/aromatic N) is 1. The molecule has 1 amide bonds. The minimum atomic E-state index is -2.90. The van der Waals surface area contributed by atoms with Crippen LogP contribution in [0.4, 0.5) is 13.9 Å². The molecule has 0 saturated heterocycles. The van der Waals surface area contributed by atoms with Crippen LogP contribution in [0.1, 0.15) is 10.4 Å². The molecule has 0 unspecified atom stereocenters. The first-order valence-electron chi connectivity index (χ1n) is 7.09. The molecule has 0 aliphatic rings. The van der Waals surface area contributed by atoms with Crippen LogP contribution in [0.2, 0.25) is 5.02 Å². The van der Waals surface area contributed by atoms with E-state index in [1.165, 1.54) is 35.6 Å². The number of hydrogen-bond acceptors (Lipinski definition) is 4. The molecule has 0 aliphatic heterocycles. The molecular formula is C17H11ClF2N2O2S. The fourth-order valence-electron chi connectivity index (χ4n) is 2.08. The van der Waals surface area contributed by atoms with Gasteiger partial charge in [-0.05, 0) is 30.3 Å². The maximum absolute atomic E-state index is 12.2. The van der Waals surface area contributed by atoms with Crippen LogP contribution in [0, 0.1) is 0 Å². The molecule has 1 aromatic heterocycles. The van der Waals surface area contributed by atoms with Gasteiger partial charge in [-0.2, -0.15) is 8.78 Å². The molecule has 2 aromatic carbocycles. The summed E-state index contributed by atoms with van der Waals surface area (Å²) in [6.45, 7) is -2.90. The first-order valence-corrected chi connectivity index (χ1v) is 8.35. The zero-order valence-electron chi connectivity index (χ0n) is 12.6. The second kappa shape index (κ2) is 7.58. The minimum Gasteiger partial charge on any atom is -0.435 e. The molecule has 1 N–H and O–H groups in total. The van der Waals surface area contributed by atoms with Gasteiger partial charge in [-0.25, -0.2) is 4.98 Å². The summed E-state index contributed by atoms with van der Waals surface area (Å²) in [7, 11) is 0. The highest BCUT2D eigenvalue weighted by Gasteiger charge is 2.12. The second-order valence-electron chi connectivity index (χ2n) is 4.87. The van der Waals surface area contributed by atoms with Gasteiger partial charge in [0.05, 0.1) is 5.69 Å². The molecule has 0 saturated carbocycles. The number of anilines is 1. The molecule has 8 heteroatoms. The highest BCUT2D eigenvalue weighted by molar-refractivity contribution is 7.14. The first kappa shape index (κ1) is 17.3. The second-order valence-corrected chi connectivity index (χ2v) is 6.14. The van der Waals surface area contributed by atoms with Crippen LogP contribution < -0.4 is 10.1 Å². The summed E-state index contributed by atoms with van der Waals surface area (Å²) in [5.41, 5.74) is 1.73. The van der Waals surface area contributed by atoms with E-state index >= 15 is 0 Å². The van der Waals surface area contributed by atoms with Crippen LogP contribution >= 0.6 is 22.9 Å². The van der Waals surface area contributed by atoms with Crippen molar-refractivity contribution in [3.63, 3.8) is 0 Å². The largest absolute Gasteiger partial charge is 0.435 e. The van der Waals surface area contributed by atoms with Crippen LogP contribution in [-0.2, 0) is 0 Å². The topological polar surface area (TPSA) is 51.2 Å². The fourth-order valence-corrected chi connectivity index (χ4v) is 3.02. The number of carbonyl (C=O) groups excluding carboxylic acids is 1. The highest BCUT2D eigenvalue weighted by atomic mass is 35.5. The average Bonchev–Trinajstić information content (AvgIpc) is 3.03. The van der Waals surface area contributed by atoms with E-state index in [-0.39, 0.29) is 5.75 Å². The molecule has 0 atom stereocenters. The van der Waals surface area contributed by atoms with E-state index in [4.69, 9.17) is 11.6 Å². The Kier molecular flexibility index (Phi) is 5.25. The van der Waals surface area contributed by atoms with Gasteiger partial charge in [0.25, 0.3) is 5.91 Å². The van der Waals surface area contributed by atoms with E-state index in [0.717, 1.165) is 5.56 Å². The van der Waals surface area contributed by atoms with Crippen LogP contribution in [0.3, 0.4) is 0 Å². The van der Waals surface area contributed by atoms with E-state index in [2.05, 4.69) is 15.0 Å². The lowest BCUT2D eigenvalue weighted by Crippen LogP contribution is -2.11. The van der Waals surface area contributed by atoms with Gasteiger partial charge in [-0.15, -0.1) is 11.3 Å². The van der Waals surface area contributed by atoms with Gasteiger partial charge >= 0.3 is 6.61 Å². The van der Waals surface area contributed by atoms with Gasteiger partial charge in [-0.1, -0.05) is 29.8 Å². The lowest BCUT2D eigenvalue weighted by atomic mass is 10.2. The van der Waals surface area contributed by atoms with Crippen molar-refractivity contribution in [2.75, 3.05) is 5.32 Å². The number of rotatable bonds is 5. The van der Waals surface area contributed by atoms with Gasteiger partial charge in [0.2, 0.25) is 0 Å². The van der Waals surface area contributed by atoms with Gasteiger partial charge in [-0.3, -0.25) is 10.1 Å². The van der Waals surface area contributed by atoms with Gasteiger partial charge in [0, 0.05) is 21.5 Å². The molecular weight excluding hydrogens is 370 g/mol. The number of hydrogen-bond donors (Lipinski definition) is 1. The quantitative estimate of drug-likeness (QED) is 0.652. The van der Waals surface area contributed by atoms with Crippen molar-refractivity contribution in [1.82, 2.24) is 4.98 Å². The zero-order valence-corrected chi connectivity index (χ0v) is 14.2. The molecule has 0 bridgehead atoms. The third-order valence-electron chi connectivity index (χ3n) is 3.22. The Labute approximate surface area is 151 Å². The standard InChI is InChI=1S/C17H11ClF2N2O2S/c18-13-4-2-1-3-12(13)14-9-25-17(21-14)22-15(23)10-5-7-11(8-6-10)24-16(19)20/h1-9,16H,(H,21,22,23). The molecule has 3 aromatic rings. The van der Waals surface area contributed by atoms with Gasteiger partial charge in [0.15, 0.2) is 5.13 Å². The monoisotopic (exact) mass is 380 g/mol. The minimum absolute atomic E-state index is 0.0122. The highest BCUT2D eigenvalue weighted by Crippen LogP contribution is 2.30. The SMILES string of the molecule is O=C(Nc1nc(-c2ccccc2Cl)cs1)c1ccc(OC(F)F)cc1. The summed E-state index contributed by atoms with van der Waals surface area (Å²) in [6, 6.07) is 12.7. The molecule has 0 aliphatic carbocycles. The molecule has 25 heavy (non-hydrogen) atoms. The number of ether oxygens (including phenoxy) is 1. The van der Waals surface area contributed by atoms with Crippen LogP contribution in [0.15, 0.2) is 53.9 Å².